The van der Waals surface area contributed by atoms with Crippen molar-refractivity contribution in [3.8, 4) is 5.75 Å². The second kappa shape index (κ2) is 6.28. The zero-order valence-electron chi connectivity index (χ0n) is 14.0. The van der Waals surface area contributed by atoms with Gasteiger partial charge >= 0.3 is 0 Å². The molecule has 0 radical (unpaired) electrons. The molecule has 1 aromatic carbocycles. The first-order valence-electron chi connectivity index (χ1n) is 7.74. The fourth-order valence-corrected chi connectivity index (χ4v) is 3.35. The van der Waals surface area contributed by atoms with Gasteiger partial charge in [-0.15, -0.1) is 11.3 Å². The SMILES string of the molecule is CN1C(=O)C(C)(C)COc2cc(NC(=O)Cc3cccs3)ccc21. The lowest BCUT2D eigenvalue weighted by Crippen LogP contribution is -2.39. The molecule has 0 spiro atoms. The summed E-state index contributed by atoms with van der Waals surface area (Å²) in [6.07, 6.45) is 0.348. The molecule has 2 aromatic rings. The lowest BCUT2D eigenvalue weighted by Gasteiger charge is -2.24. The molecule has 1 aliphatic rings. The molecular formula is C18H20N2O3S. The lowest BCUT2D eigenvalue weighted by molar-refractivity contribution is -0.127. The van der Waals surface area contributed by atoms with E-state index in [0.717, 1.165) is 4.88 Å². The third-order valence-corrected chi connectivity index (χ3v) is 4.87. The van der Waals surface area contributed by atoms with Crippen LogP contribution in [0.3, 0.4) is 0 Å². The number of ether oxygens (including phenoxy) is 1. The molecule has 0 saturated heterocycles. The van der Waals surface area contributed by atoms with E-state index in [4.69, 9.17) is 4.74 Å². The van der Waals surface area contributed by atoms with Gasteiger partial charge in [0.15, 0.2) is 0 Å². The maximum atomic E-state index is 12.4. The second-order valence-electron chi connectivity index (χ2n) is 6.52. The lowest BCUT2D eigenvalue weighted by atomic mass is 9.93. The van der Waals surface area contributed by atoms with Crippen LogP contribution in [0.5, 0.6) is 5.75 Å². The van der Waals surface area contributed by atoms with E-state index in [1.54, 1.807) is 41.5 Å². The summed E-state index contributed by atoms with van der Waals surface area (Å²) in [5, 5.41) is 4.83. The molecule has 3 rings (SSSR count). The highest BCUT2D eigenvalue weighted by Gasteiger charge is 2.36. The number of nitrogens with zero attached hydrogens (tertiary/aromatic N) is 1. The van der Waals surface area contributed by atoms with Crippen molar-refractivity contribution >= 4 is 34.5 Å². The Morgan fingerprint density at radius 2 is 2.17 bits per heavy atom. The van der Waals surface area contributed by atoms with Gasteiger partial charge in [-0.25, -0.2) is 0 Å². The Morgan fingerprint density at radius 3 is 2.88 bits per heavy atom. The average Bonchev–Trinajstić information content (AvgIpc) is 3.01. The van der Waals surface area contributed by atoms with Crippen LogP contribution in [0.2, 0.25) is 0 Å². The van der Waals surface area contributed by atoms with Crippen molar-refractivity contribution in [2.45, 2.75) is 20.3 Å². The van der Waals surface area contributed by atoms with Gasteiger partial charge in [0.05, 0.1) is 17.5 Å². The number of amides is 2. The highest BCUT2D eigenvalue weighted by Crippen LogP contribution is 2.37. The van der Waals surface area contributed by atoms with Crippen molar-refractivity contribution in [2.24, 2.45) is 5.41 Å². The summed E-state index contributed by atoms with van der Waals surface area (Å²) in [4.78, 5) is 27.2. The molecule has 0 fully saturated rings. The van der Waals surface area contributed by atoms with Gasteiger partial charge in [0.2, 0.25) is 11.8 Å². The van der Waals surface area contributed by atoms with Gasteiger partial charge in [-0.2, -0.15) is 0 Å². The van der Waals surface area contributed by atoms with Crippen LogP contribution in [0.15, 0.2) is 35.7 Å². The predicted molar refractivity (Wildman–Crippen MR) is 95.8 cm³/mol. The molecular weight excluding hydrogens is 324 g/mol. The number of fused-ring (bicyclic) bond motifs is 1. The minimum Gasteiger partial charge on any atom is -0.490 e. The maximum Gasteiger partial charge on any atom is 0.235 e. The Kier molecular flexibility index (Phi) is 4.32. The maximum absolute atomic E-state index is 12.4. The third kappa shape index (κ3) is 3.28. The van der Waals surface area contributed by atoms with Crippen LogP contribution in [0, 0.1) is 5.41 Å². The van der Waals surface area contributed by atoms with Crippen LogP contribution in [-0.2, 0) is 16.0 Å². The molecule has 5 nitrogen and oxygen atoms in total. The molecule has 6 heteroatoms. The minimum atomic E-state index is -0.587. The van der Waals surface area contributed by atoms with Crippen LogP contribution in [0.25, 0.3) is 0 Å². The molecule has 1 aromatic heterocycles. The van der Waals surface area contributed by atoms with E-state index in [1.165, 1.54) is 0 Å². The molecule has 0 atom stereocenters. The van der Waals surface area contributed by atoms with Gasteiger partial charge in [0.1, 0.15) is 12.4 Å². The number of hydrogen-bond donors (Lipinski definition) is 1. The molecule has 24 heavy (non-hydrogen) atoms. The van der Waals surface area contributed by atoms with E-state index < -0.39 is 5.41 Å². The summed E-state index contributed by atoms with van der Waals surface area (Å²) in [6.45, 7) is 4.03. The van der Waals surface area contributed by atoms with E-state index in [1.807, 2.05) is 31.4 Å². The number of carbonyl (C=O) groups is 2. The largest absolute Gasteiger partial charge is 0.490 e. The summed E-state index contributed by atoms with van der Waals surface area (Å²) in [6, 6.07) is 9.23. The topological polar surface area (TPSA) is 58.6 Å². The van der Waals surface area contributed by atoms with Crippen molar-refractivity contribution in [3.63, 3.8) is 0 Å². The number of rotatable bonds is 3. The molecule has 2 amide bonds. The van der Waals surface area contributed by atoms with Crippen LogP contribution >= 0.6 is 11.3 Å². The Bertz CT molecular complexity index is 769. The van der Waals surface area contributed by atoms with E-state index in [0.29, 0.717) is 30.2 Å². The van der Waals surface area contributed by atoms with Crippen molar-refractivity contribution in [1.29, 1.82) is 0 Å². The van der Waals surface area contributed by atoms with Gasteiger partial charge in [0.25, 0.3) is 0 Å². The van der Waals surface area contributed by atoms with Crippen LogP contribution < -0.4 is 15.0 Å². The Balaban J connectivity index is 1.78. The van der Waals surface area contributed by atoms with Crippen molar-refractivity contribution in [2.75, 3.05) is 23.9 Å². The molecule has 1 N–H and O–H groups in total. The number of thiophene rings is 1. The fourth-order valence-electron chi connectivity index (χ4n) is 2.64. The first kappa shape index (κ1) is 16.5. The second-order valence-corrected chi connectivity index (χ2v) is 7.56. The molecule has 0 aliphatic carbocycles. The highest BCUT2D eigenvalue weighted by molar-refractivity contribution is 7.10. The van der Waals surface area contributed by atoms with E-state index in [2.05, 4.69) is 5.32 Å². The number of hydrogen-bond acceptors (Lipinski definition) is 4. The zero-order valence-corrected chi connectivity index (χ0v) is 14.8. The normalized spacial score (nSPS) is 16.1. The van der Waals surface area contributed by atoms with Crippen LogP contribution in [0.4, 0.5) is 11.4 Å². The van der Waals surface area contributed by atoms with Crippen LogP contribution in [0.1, 0.15) is 18.7 Å². The Morgan fingerprint density at radius 1 is 1.38 bits per heavy atom. The van der Waals surface area contributed by atoms with Gasteiger partial charge in [0, 0.05) is 23.7 Å². The quantitative estimate of drug-likeness (QED) is 0.929. The highest BCUT2D eigenvalue weighted by atomic mass is 32.1. The summed E-state index contributed by atoms with van der Waals surface area (Å²) >= 11 is 1.56. The molecule has 126 valence electrons. The molecule has 1 aliphatic heterocycles. The van der Waals surface area contributed by atoms with Gasteiger partial charge in [-0.05, 0) is 37.4 Å². The van der Waals surface area contributed by atoms with Gasteiger partial charge < -0.3 is 15.0 Å². The number of nitrogens with one attached hydrogen (secondary N) is 1. The molecule has 2 heterocycles. The first-order valence-corrected chi connectivity index (χ1v) is 8.62. The van der Waals surface area contributed by atoms with Crippen molar-refractivity contribution < 1.29 is 14.3 Å². The molecule has 0 unspecified atom stereocenters. The summed E-state index contributed by atoms with van der Waals surface area (Å²) in [5.74, 6) is 0.539. The minimum absolute atomic E-state index is 0.00994. The average molecular weight is 344 g/mol. The Labute approximate surface area is 145 Å². The van der Waals surface area contributed by atoms with Crippen molar-refractivity contribution in [3.05, 3.63) is 40.6 Å². The number of anilines is 2. The smallest absolute Gasteiger partial charge is 0.235 e. The van der Waals surface area contributed by atoms with E-state index in [-0.39, 0.29) is 11.8 Å². The first-order chi connectivity index (χ1) is 11.4. The number of benzene rings is 1. The van der Waals surface area contributed by atoms with Crippen molar-refractivity contribution in [1.82, 2.24) is 0 Å². The summed E-state index contributed by atoms with van der Waals surface area (Å²) < 4.78 is 5.82. The van der Waals surface area contributed by atoms with E-state index >= 15 is 0 Å². The monoisotopic (exact) mass is 344 g/mol. The third-order valence-electron chi connectivity index (χ3n) is 3.99. The zero-order chi connectivity index (χ0) is 17.3. The Hall–Kier alpha value is -2.34. The summed E-state index contributed by atoms with van der Waals surface area (Å²) in [5.41, 5.74) is 0.786. The number of carbonyl (C=O) groups excluding carboxylic acids is 2. The fraction of sp³-hybridized carbons (Fsp3) is 0.333. The van der Waals surface area contributed by atoms with Gasteiger partial charge in [-0.1, -0.05) is 6.07 Å². The molecule has 0 bridgehead atoms. The standard InChI is InChI=1S/C18H20N2O3S/c1-18(2)11-23-15-9-12(6-7-14(15)20(3)17(18)22)19-16(21)10-13-5-4-8-24-13/h4-9H,10-11H2,1-3H3,(H,19,21). The molecule has 0 saturated carbocycles. The van der Waals surface area contributed by atoms with Gasteiger partial charge in [-0.3, -0.25) is 9.59 Å². The predicted octanol–water partition coefficient (Wildman–Crippen LogP) is 3.31. The summed E-state index contributed by atoms with van der Waals surface area (Å²) in [7, 11) is 1.74. The van der Waals surface area contributed by atoms with E-state index in [9.17, 15) is 9.59 Å². The van der Waals surface area contributed by atoms with Crippen LogP contribution in [-0.4, -0.2) is 25.5 Å².